The fourth-order valence-electron chi connectivity index (χ4n) is 11.1. The molecule has 65 heavy (non-hydrogen) atoms. The highest BCUT2D eigenvalue weighted by Crippen LogP contribution is 2.54. The molecule has 2 bridgehead atoms. The van der Waals surface area contributed by atoms with E-state index in [0.717, 1.165) is 52.1 Å². The summed E-state index contributed by atoms with van der Waals surface area (Å²) < 4.78 is 14.1. The minimum Gasteiger partial charge on any atom is -0.484 e. The van der Waals surface area contributed by atoms with Gasteiger partial charge >= 0.3 is 0 Å². The highest BCUT2D eigenvalue weighted by atomic mass is 16.5. The molecule has 0 saturated carbocycles. The van der Waals surface area contributed by atoms with E-state index in [-0.39, 0.29) is 24.0 Å². The largest absolute Gasteiger partial charge is 0.484 e. The van der Waals surface area contributed by atoms with E-state index in [9.17, 15) is 0 Å². The summed E-state index contributed by atoms with van der Waals surface area (Å²) in [6, 6.07) is 50.2. The molecule has 4 aliphatic rings. The number of para-hydroxylation sites is 2. The molecule has 4 atom stereocenters. The molecule has 2 heterocycles. The number of hydrogen-bond donors (Lipinski definition) is 0. The van der Waals surface area contributed by atoms with Gasteiger partial charge in [0.05, 0.1) is 22.8 Å². The van der Waals surface area contributed by atoms with Crippen LogP contribution in [0, 0.1) is 6.92 Å². The van der Waals surface area contributed by atoms with E-state index in [1.165, 1.54) is 65.7 Å². The lowest BCUT2D eigenvalue weighted by Crippen LogP contribution is -2.34. The second-order valence-electron chi connectivity index (χ2n) is 19.2. The smallest absolute Gasteiger partial charge is 0.148 e. The van der Waals surface area contributed by atoms with Crippen molar-refractivity contribution in [2.24, 2.45) is 0 Å². The molecule has 0 aromatic heterocycles. The fourth-order valence-corrected chi connectivity index (χ4v) is 11.1. The summed E-state index contributed by atoms with van der Waals surface area (Å²) in [6.45, 7) is 13.4. The van der Waals surface area contributed by atoms with Crippen LogP contribution in [-0.4, -0.2) is 12.2 Å². The standard InChI is InChI=1S/C61H54N2O2/c1-36(2)40-19-27-45(28-20-40)62(54-17-9-13-44-35-56(54)64-59-38(5)11-7-14-47(44)59)52-33-25-42-24-32-51-53(34-26-43-23-31-50(52)57(42)58(43)51)63(46-29-21-41(22-30-46)37(3)4)55-18-10-16-49-48-15-8-12-39(6)60(48)65-61(49)55/h7-34,36-37,44,48,56,60H,35H2,1-6H3. The van der Waals surface area contributed by atoms with Crippen LogP contribution in [0.25, 0.3) is 32.3 Å². The molecule has 2 aliphatic heterocycles. The summed E-state index contributed by atoms with van der Waals surface area (Å²) in [5.74, 6) is 3.30. The van der Waals surface area contributed by atoms with Crippen LogP contribution in [-0.2, 0) is 0 Å². The van der Waals surface area contributed by atoms with Gasteiger partial charge in [0.25, 0.3) is 0 Å². The third-order valence-electron chi connectivity index (χ3n) is 14.6. The van der Waals surface area contributed by atoms with Gasteiger partial charge in [-0.1, -0.05) is 149 Å². The zero-order valence-corrected chi connectivity index (χ0v) is 38.0. The molecule has 0 amide bonds. The second kappa shape index (κ2) is 15.3. The Bertz CT molecular complexity index is 3300. The van der Waals surface area contributed by atoms with Crippen molar-refractivity contribution < 1.29 is 9.47 Å². The minimum atomic E-state index is -0.136. The first-order valence-electron chi connectivity index (χ1n) is 23.5. The normalized spacial score (nSPS) is 19.4. The number of aryl methyl sites for hydroxylation is 1. The Balaban J connectivity index is 1.06. The van der Waals surface area contributed by atoms with Crippen LogP contribution < -0.4 is 19.3 Å². The topological polar surface area (TPSA) is 24.9 Å². The average Bonchev–Trinajstić information content (AvgIpc) is 3.64. The van der Waals surface area contributed by atoms with Gasteiger partial charge in [0.1, 0.15) is 23.7 Å². The SMILES string of the molecule is CC1=CC=CC2c3cccc(N(c4ccc(C(C)C)cc4)c4ccc5ccc6c(N(C7=CC=CC8CC7Oc7c(C)cccc78)c7ccc(C(C)C)cc7)ccc7ccc4c5c76)c3OC12. The number of ether oxygens (including phenoxy) is 2. The Morgan fingerprint density at radius 2 is 1.11 bits per heavy atom. The molecule has 0 spiro atoms. The van der Waals surface area contributed by atoms with Gasteiger partial charge in [-0.05, 0) is 118 Å². The summed E-state index contributed by atoms with van der Waals surface area (Å²) >= 11 is 0. The molecule has 2 aliphatic carbocycles. The lowest BCUT2D eigenvalue weighted by molar-refractivity contribution is 0.197. The average molecular weight is 847 g/mol. The van der Waals surface area contributed by atoms with E-state index in [0.29, 0.717) is 11.8 Å². The molecule has 0 fully saturated rings. The monoisotopic (exact) mass is 846 g/mol. The van der Waals surface area contributed by atoms with E-state index in [2.05, 4.69) is 221 Å². The molecule has 0 N–H and O–H groups in total. The maximum Gasteiger partial charge on any atom is 0.148 e. The summed E-state index contributed by atoms with van der Waals surface area (Å²) in [5, 5.41) is 7.37. The molecule has 0 saturated heterocycles. The van der Waals surface area contributed by atoms with E-state index in [1.807, 2.05) is 0 Å². The van der Waals surface area contributed by atoms with Crippen LogP contribution in [0.1, 0.15) is 92.5 Å². The first kappa shape index (κ1) is 39.5. The molecular formula is C61H54N2O2. The zero-order valence-electron chi connectivity index (χ0n) is 38.0. The summed E-state index contributed by atoms with van der Waals surface area (Å²) in [4.78, 5) is 4.92. The Kier molecular flexibility index (Phi) is 9.31. The Morgan fingerprint density at radius 1 is 0.523 bits per heavy atom. The predicted octanol–water partition coefficient (Wildman–Crippen LogP) is 16.5. The Labute approximate surface area is 382 Å². The molecule has 0 radical (unpaired) electrons. The van der Waals surface area contributed by atoms with E-state index in [4.69, 9.17) is 9.47 Å². The van der Waals surface area contributed by atoms with Crippen molar-refractivity contribution in [2.75, 3.05) is 9.80 Å². The molecule has 4 unspecified atom stereocenters. The maximum atomic E-state index is 7.08. The van der Waals surface area contributed by atoms with Crippen molar-refractivity contribution in [3.63, 3.8) is 0 Å². The fraction of sp³-hybridized carbons (Fsp3) is 0.213. The number of rotatable bonds is 8. The van der Waals surface area contributed by atoms with Crippen LogP contribution >= 0.6 is 0 Å². The van der Waals surface area contributed by atoms with Crippen LogP contribution in [0.15, 0.2) is 181 Å². The van der Waals surface area contributed by atoms with Gasteiger partial charge in [-0.2, -0.15) is 0 Å². The highest BCUT2D eigenvalue weighted by molar-refractivity contribution is 6.28. The van der Waals surface area contributed by atoms with Crippen molar-refractivity contribution in [3.8, 4) is 11.5 Å². The van der Waals surface area contributed by atoms with E-state index < -0.39 is 0 Å². The van der Waals surface area contributed by atoms with Crippen molar-refractivity contribution in [1.82, 2.24) is 0 Å². The molecule has 4 heteroatoms. The molecule has 12 rings (SSSR count). The lowest BCUT2D eigenvalue weighted by Gasteiger charge is -2.37. The van der Waals surface area contributed by atoms with E-state index >= 15 is 0 Å². The quantitative estimate of drug-likeness (QED) is 0.142. The number of benzene rings is 8. The van der Waals surface area contributed by atoms with Crippen molar-refractivity contribution in [1.29, 1.82) is 0 Å². The first-order valence-corrected chi connectivity index (χ1v) is 23.5. The van der Waals surface area contributed by atoms with Crippen LogP contribution in [0.5, 0.6) is 11.5 Å². The van der Waals surface area contributed by atoms with Crippen LogP contribution in [0.3, 0.4) is 0 Å². The third kappa shape index (κ3) is 6.32. The van der Waals surface area contributed by atoms with Gasteiger partial charge in [0.2, 0.25) is 0 Å². The van der Waals surface area contributed by atoms with Crippen LogP contribution in [0.2, 0.25) is 0 Å². The second-order valence-corrected chi connectivity index (χ2v) is 19.2. The molecule has 8 aromatic rings. The minimum absolute atomic E-state index is 0.00616. The number of hydrogen-bond acceptors (Lipinski definition) is 4. The number of fused-ring (bicyclic) bond motifs is 7. The Morgan fingerprint density at radius 3 is 1.77 bits per heavy atom. The van der Waals surface area contributed by atoms with E-state index in [1.54, 1.807) is 0 Å². The van der Waals surface area contributed by atoms with Crippen molar-refractivity contribution in [2.45, 2.75) is 83.8 Å². The van der Waals surface area contributed by atoms with Crippen molar-refractivity contribution >= 4 is 60.8 Å². The summed E-state index contributed by atoms with van der Waals surface area (Å²) in [6.07, 6.45) is 14.3. The molecular weight excluding hydrogens is 793 g/mol. The van der Waals surface area contributed by atoms with Crippen LogP contribution in [0.4, 0.5) is 28.4 Å². The van der Waals surface area contributed by atoms with Gasteiger partial charge in [0, 0.05) is 51.5 Å². The summed E-state index contributed by atoms with van der Waals surface area (Å²) in [7, 11) is 0. The highest BCUT2D eigenvalue weighted by Gasteiger charge is 2.39. The van der Waals surface area contributed by atoms with Gasteiger partial charge in [-0.15, -0.1) is 0 Å². The van der Waals surface area contributed by atoms with Gasteiger partial charge < -0.3 is 19.3 Å². The number of anilines is 5. The zero-order chi connectivity index (χ0) is 44.1. The Hall–Kier alpha value is -7.04. The lowest BCUT2D eigenvalue weighted by atomic mass is 9.87. The first-order chi connectivity index (χ1) is 31.7. The number of nitrogens with zero attached hydrogens (tertiary/aromatic N) is 2. The summed E-state index contributed by atoms with van der Waals surface area (Å²) in [5.41, 5.74) is 14.3. The molecule has 8 aromatic carbocycles. The molecule has 320 valence electrons. The molecule has 4 nitrogen and oxygen atoms in total. The van der Waals surface area contributed by atoms with Crippen molar-refractivity contribution in [3.05, 3.63) is 209 Å². The number of allylic oxidation sites excluding steroid dienone is 5. The van der Waals surface area contributed by atoms with Gasteiger partial charge in [0.15, 0.2) is 0 Å². The van der Waals surface area contributed by atoms with Gasteiger partial charge in [-0.25, -0.2) is 0 Å². The van der Waals surface area contributed by atoms with Gasteiger partial charge in [-0.3, -0.25) is 0 Å². The predicted molar refractivity (Wildman–Crippen MR) is 272 cm³/mol. The third-order valence-corrected chi connectivity index (χ3v) is 14.6. The maximum absolute atomic E-state index is 7.08.